The van der Waals surface area contributed by atoms with E-state index in [-0.39, 0.29) is 17.1 Å². The van der Waals surface area contributed by atoms with Crippen molar-refractivity contribution < 1.29 is 9.59 Å². The van der Waals surface area contributed by atoms with Crippen LogP contribution in [0.5, 0.6) is 0 Å². The second-order valence-electron chi connectivity index (χ2n) is 10.3. The van der Waals surface area contributed by atoms with Crippen molar-refractivity contribution in [3.8, 4) is 10.6 Å². The fourth-order valence-corrected chi connectivity index (χ4v) is 7.00. The molecule has 0 bridgehead atoms. The van der Waals surface area contributed by atoms with Crippen LogP contribution < -0.4 is 0 Å². The van der Waals surface area contributed by atoms with Crippen molar-refractivity contribution in [1.29, 1.82) is 0 Å². The van der Waals surface area contributed by atoms with Gasteiger partial charge < -0.3 is 4.57 Å². The van der Waals surface area contributed by atoms with Gasteiger partial charge in [0.25, 0.3) is 0 Å². The Hall–Kier alpha value is -3.61. The van der Waals surface area contributed by atoms with Crippen LogP contribution in [-0.4, -0.2) is 29.2 Å². The standard InChI is InChI=1S/C29H24N2O2SSi/c1-35(2,3)17-31-21(16-25-28(31)30-29(34-25)18-9-5-4-6-10-18)15-24-26(32)22-13-19-11-7-8-12-20(19)14-23(22)27(24)33/h4-16H,17H2,1-3H3. The van der Waals surface area contributed by atoms with Crippen LogP contribution in [0.15, 0.2) is 78.4 Å². The molecule has 0 unspecified atom stereocenters. The number of hydrogen-bond acceptors (Lipinski definition) is 4. The number of allylic oxidation sites excluding steroid dienone is 1. The van der Waals surface area contributed by atoms with Gasteiger partial charge in [0.1, 0.15) is 5.01 Å². The fraction of sp³-hybridized carbons (Fsp3) is 0.138. The predicted molar refractivity (Wildman–Crippen MR) is 147 cm³/mol. The maximum absolute atomic E-state index is 13.3. The molecule has 0 radical (unpaired) electrons. The summed E-state index contributed by atoms with van der Waals surface area (Å²) in [5.74, 6) is -0.393. The lowest BCUT2D eigenvalue weighted by Gasteiger charge is -2.18. The summed E-state index contributed by atoms with van der Waals surface area (Å²) in [5.41, 5.74) is 4.11. The van der Waals surface area contributed by atoms with Gasteiger partial charge in [0.15, 0.2) is 17.2 Å². The van der Waals surface area contributed by atoms with Gasteiger partial charge >= 0.3 is 0 Å². The topological polar surface area (TPSA) is 52.0 Å². The summed E-state index contributed by atoms with van der Waals surface area (Å²) in [6.45, 7) is 6.94. The fourth-order valence-electron chi connectivity index (χ4n) is 4.70. The van der Waals surface area contributed by atoms with Crippen LogP contribution in [0.2, 0.25) is 19.6 Å². The molecule has 0 atom stereocenters. The molecule has 1 aliphatic carbocycles. The van der Waals surface area contributed by atoms with E-state index < -0.39 is 8.07 Å². The Labute approximate surface area is 208 Å². The summed E-state index contributed by atoms with van der Waals surface area (Å²) in [6, 6.07) is 23.8. The van der Waals surface area contributed by atoms with Crippen LogP contribution in [0.25, 0.3) is 37.8 Å². The molecule has 2 heterocycles. The number of Topliss-reactive ketones (excluding diaryl/α,β-unsaturated/α-hetero) is 2. The smallest absolute Gasteiger partial charge is 0.197 e. The SMILES string of the molecule is C[Si](C)(C)Cn1c(C=C2C(=O)c3cc4ccccc4cc3C2=O)cc2sc(-c3ccccc3)nc21. The van der Waals surface area contributed by atoms with Crippen LogP contribution in [0, 0.1) is 0 Å². The Bertz CT molecular complexity index is 1630. The highest BCUT2D eigenvalue weighted by Crippen LogP contribution is 2.36. The molecule has 5 aromatic rings. The van der Waals surface area contributed by atoms with E-state index in [0.29, 0.717) is 11.1 Å². The van der Waals surface area contributed by atoms with Crippen molar-refractivity contribution in [2.45, 2.75) is 25.8 Å². The first-order valence-electron chi connectivity index (χ1n) is 11.7. The molecule has 0 fully saturated rings. The number of carbonyl (C=O) groups excluding carboxylic acids is 2. The second kappa shape index (κ2) is 7.97. The van der Waals surface area contributed by atoms with Crippen LogP contribution in [-0.2, 0) is 6.17 Å². The first kappa shape index (κ1) is 21.9. The first-order valence-corrected chi connectivity index (χ1v) is 16.2. The van der Waals surface area contributed by atoms with Crippen LogP contribution in [0.4, 0.5) is 0 Å². The molecule has 1 aliphatic rings. The third-order valence-corrected chi connectivity index (χ3v) is 8.60. The highest BCUT2D eigenvalue weighted by molar-refractivity contribution is 7.21. The Kier molecular flexibility index (Phi) is 4.98. The highest BCUT2D eigenvalue weighted by Gasteiger charge is 2.34. The summed E-state index contributed by atoms with van der Waals surface area (Å²) < 4.78 is 3.27. The number of thiazole rings is 1. The van der Waals surface area contributed by atoms with Gasteiger partial charge in [0.2, 0.25) is 0 Å². The zero-order valence-corrected chi connectivity index (χ0v) is 21.6. The van der Waals surface area contributed by atoms with E-state index in [4.69, 9.17) is 4.98 Å². The average molecular weight is 493 g/mol. The molecule has 4 nitrogen and oxygen atoms in total. The van der Waals surface area contributed by atoms with E-state index in [1.165, 1.54) is 0 Å². The quantitative estimate of drug-likeness (QED) is 0.151. The third-order valence-electron chi connectivity index (χ3n) is 6.29. The molecule has 172 valence electrons. The Balaban J connectivity index is 1.48. The van der Waals surface area contributed by atoms with Gasteiger partial charge in [-0.15, -0.1) is 11.3 Å². The number of fused-ring (bicyclic) bond motifs is 3. The third kappa shape index (κ3) is 3.79. The van der Waals surface area contributed by atoms with E-state index in [9.17, 15) is 9.59 Å². The lowest BCUT2D eigenvalue weighted by Crippen LogP contribution is -2.28. The Morgan fingerprint density at radius 3 is 2.06 bits per heavy atom. The molecule has 0 N–H and O–H groups in total. The van der Waals surface area contributed by atoms with Crippen LogP contribution in [0.3, 0.4) is 0 Å². The minimum atomic E-state index is -1.54. The van der Waals surface area contributed by atoms with Crippen molar-refractivity contribution in [3.05, 3.63) is 95.2 Å². The maximum Gasteiger partial charge on any atom is 0.197 e. The zero-order valence-electron chi connectivity index (χ0n) is 19.8. The molecule has 0 aliphatic heterocycles. The maximum atomic E-state index is 13.3. The molecule has 2 aromatic heterocycles. The van der Waals surface area contributed by atoms with Gasteiger partial charge in [0, 0.05) is 28.6 Å². The molecule has 0 amide bonds. The lowest BCUT2D eigenvalue weighted by atomic mass is 10.0. The number of nitrogens with zero attached hydrogens (tertiary/aromatic N) is 2. The van der Waals surface area contributed by atoms with Crippen molar-refractivity contribution in [2.75, 3.05) is 0 Å². The monoisotopic (exact) mass is 492 g/mol. The van der Waals surface area contributed by atoms with E-state index in [2.05, 4.69) is 42.4 Å². The number of hydrogen-bond donors (Lipinski definition) is 0. The molecule has 3 aromatic carbocycles. The molecule has 6 heteroatoms. The molecule has 0 spiro atoms. The summed E-state index contributed by atoms with van der Waals surface area (Å²) >= 11 is 1.64. The minimum Gasteiger partial charge on any atom is -0.328 e. The minimum absolute atomic E-state index is 0.196. The van der Waals surface area contributed by atoms with Crippen molar-refractivity contribution in [2.24, 2.45) is 0 Å². The number of carbonyl (C=O) groups is 2. The van der Waals surface area contributed by atoms with Gasteiger partial charge in [-0.2, -0.15) is 0 Å². The molecule has 6 rings (SSSR count). The molecule has 0 saturated carbocycles. The molecular formula is C29H24N2O2SSi. The van der Waals surface area contributed by atoms with E-state index in [0.717, 1.165) is 43.6 Å². The Morgan fingerprint density at radius 2 is 1.46 bits per heavy atom. The zero-order chi connectivity index (χ0) is 24.3. The largest absolute Gasteiger partial charge is 0.328 e. The summed E-state index contributed by atoms with van der Waals surface area (Å²) in [7, 11) is -1.54. The van der Waals surface area contributed by atoms with Gasteiger partial charge in [-0.1, -0.05) is 74.2 Å². The van der Waals surface area contributed by atoms with Gasteiger partial charge in [-0.25, -0.2) is 4.98 Å². The molecular weight excluding hydrogens is 468 g/mol. The van der Waals surface area contributed by atoms with Crippen LogP contribution in [0.1, 0.15) is 26.4 Å². The molecule has 0 saturated heterocycles. The number of rotatable bonds is 4. The summed E-state index contributed by atoms with van der Waals surface area (Å²) in [4.78, 5) is 31.7. The van der Waals surface area contributed by atoms with Crippen LogP contribution >= 0.6 is 11.3 Å². The Morgan fingerprint density at radius 1 is 0.857 bits per heavy atom. The lowest BCUT2D eigenvalue weighted by molar-refractivity contribution is 0.0990. The van der Waals surface area contributed by atoms with E-state index in [1.54, 1.807) is 17.4 Å². The average Bonchev–Trinajstić information content (AvgIpc) is 3.45. The molecule has 35 heavy (non-hydrogen) atoms. The number of benzene rings is 3. The van der Waals surface area contributed by atoms with Gasteiger partial charge in [0.05, 0.1) is 18.3 Å². The van der Waals surface area contributed by atoms with Crippen molar-refractivity contribution in [1.82, 2.24) is 9.55 Å². The summed E-state index contributed by atoms with van der Waals surface area (Å²) in [5, 5.41) is 2.91. The predicted octanol–water partition coefficient (Wildman–Crippen LogP) is 7.26. The van der Waals surface area contributed by atoms with Crippen molar-refractivity contribution in [3.63, 3.8) is 0 Å². The number of aromatic nitrogens is 2. The number of ketones is 2. The highest BCUT2D eigenvalue weighted by atomic mass is 32.1. The van der Waals surface area contributed by atoms with E-state index >= 15 is 0 Å². The van der Waals surface area contributed by atoms with Gasteiger partial charge in [-0.3, -0.25) is 9.59 Å². The normalized spacial score (nSPS) is 13.7. The second-order valence-corrected chi connectivity index (χ2v) is 16.7. The van der Waals surface area contributed by atoms with E-state index in [1.807, 2.05) is 54.6 Å². The summed E-state index contributed by atoms with van der Waals surface area (Å²) in [6.07, 6.45) is 2.64. The van der Waals surface area contributed by atoms with Crippen molar-refractivity contribution >= 4 is 58.2 Å². The van der Waals surface area contributed by atoms with Gasteiger partial charge in [-0.05, 0) is 35.0 Å². The first-order chi connectivity index (χ1) is 16.8.